The van der Waals surface area contributed by atoms with Gasteiger partial charge in [0.15, 0.2) is 5.72 Å². The van der Waals surface area contributed by atoms with Gasteiger partial charge >= 0.3 is 0 Å². The summed E-state index contributed by atoms with van der Waals surface area (Å²) in [7, 11) is 1.56. The second-order valence-corrected chi connectivity index (χ2v) is 8.06. The van der Waals surface area contributed by atoms with Gasteiger partial charge in [-0.3, -0.25) is 9.59 Å². The minimum absolute atomic E-state index is 0.0808. The van der Waals surface area contributed by atoms with E-state index in [2.05, 4.69) is 10.6 Å². The molecule has 1 aliphatic carbocycles. The molecule has 29 heavy (non-hydrogen) atoms. The zero-order valence-corrected chi connectivity index (χ0v) is 16.3. The first-order valence-electron chi connectivity index (χ1n) is 10.2. The quantitative estimate of drug-likeness (QED) is 0.785. The third-order valence-electron chi connectivity index (χ3n) is 6.54. The van der Waals surface area contributed by atoms with Gasteiger partial charge in [-0.25, -0.2) is 0 Å². The molecule has 0 aromatic heterocycles. The average Bonchev–Trinajstić information content (AvgIpc) is 2.73. The van der Waals surface area contributed by atoms with Gasteiger partial charge in [0.25, 0.3) is 0 Å². The molecule has 150 valence electrons. The van der Waals surface area contributed by atoms with Crippen molar-refractivity contribution < 1.29 is 19.1 Å². The molecule has 2 aromatic carbocycles. The van der Waals surface area contributed by atoms with E-state index in [1.54, 1.807) is 19.2 Å². The number of carbonyl (C=O) groups excluding carboxylic acids is 2. The predicted molar refractivity (Wildman–Crippen MR) is 108 cm³/mol. The summed E-state index contributed by atoms with van der Waals surface area (Å²) in [6.45, 7) is 0. The maximum Gasteiger partial charge on any atom is 0.237 e. The zero-order chi connectivity index (χ0) is 20.0. The molecule has 2 amide bonds. The van der Waals surface area contributed by atoms with Crippen molar-refractivity contribution in [3.8, 4) is 11.5 Å². The van der Waals surface area contributed by atoms with Crippen molar-refractivity contribution in [2.24, 2.45) is 11.8 Å². The van der Waals surface area contributed by atoms with E-state index in [4.69, 9.17) is 9.47 Å². The molecule has 1 saturated heterocycles. The van der Waals surface area contributed by atoms with Crippen LogP contribution in [0, 0.1) is 11.8 Å². The summed E-state index contributed by atoms with van der Waals surface area (Å²) in [5.41, 5.74) is 0.814. The Hall–Kier alpha value is -3.02. The number of benzene rings is 2. The molecular weight excluding hydrogens is 368 g/mol. The number of rotatable bonds is 3. The summed E-state index contributed by atoms with van der Waals surface area (Å²) >= 11 is 0. The van der Waals surface area contributed by atoms with Crippen LogP contribution in [0.1, 0.15) is 37.2 Å². The number of anilines is 1. The van der Waals surface area contributed by atoms with Gasteiger partial charge in [-0.1, -0.05) is 36.8 Å². The van der Waals surface area contributed by atoms with E-state index in [1.807, 2.05) is 36.4 Å². The molecule has 0 unspecified atom stereocenters. The highest BCUT2D eigenvalue weighted by atomic mass is 16.5. The second kappa shape index (κ2) is 6.79. The highest BCUT2D eigenvalue weighted by Crippen LogP contribution is 2.55. The van der Waals surface area contributed by atoms with Gasteiger partial charge in [0, 0.05) is 18.3 Å². The third kappa shape index (κ3) is 2.77. The van der Waals surface area contributed by atoms with Crippen LogP contribution in [0.2, 0.25) is 0 Å². The molecule has 2 N–H and O–H groups in total. The normalized spacial score (nSPS) is 29.6. The number of hydrogen-bond donors (Lipinski definition) is 2. The maximum absolute atomic E-state index is 13.4. The van der Waals surface area contributed by atoms with E-state index < -0.39 is 11.6 Å². The molecule has 1 saturated carbocycles. The molecule has 2 bridgehead atoms. The molecule has 6 heteroatoms. The first-order valence-corrected chi connectivity index (χ1v) is 10.2. The van der Waals surface area contributed by atoms with Crippen molar-refractivity contribution in [1.82, 2.24) is 5.32 Å². The summed E-state index contributed by atoms with van der Waals surface area (Å²) < 4.78 is 11.7. The molecule has 2 aliphatic heterocycles. The first kappa shape index (κ1) is 18.0. The lowest BCUT2D eigenvalue weighted by Gasteiger charge is -2.55. The number of methoxy groups -OCH3 is 1. The SMILES string of the molecule is COc1ccccc1NC(=O)[C@@H]1C(=O)N[C@@]23CCCC[C@@H]2[C@H]1c1ccccc1O3. The van der Waals surface area contributed by atoms with E-state index >= 15 is 0 Å². The second-order valence-electron chi connectivity index (χ2n) is 8.06. The lowest BCUT2D eigenvalue weighted by Crippen LogP contribution is -2.69. The van der Waals surface area contributed by atoms with Gasteiger partial charge in [0.2, 0.25) is 11.8 Å². The maximum atomic E-state index is 13.4. The monoisotopic (exact) mass is 392 g/mol. The van der Waals surface area contributed by atoms with Crippen molar-refractivity contribution in [2.75, 3.05) is 12.4 Å². The highest BCUT2D eigenvalue weighted by molar-refractivity contribution is 6.08. The largest absolute Gasteiger partial charge is 0.495 e. The molecule has 6 nitrogen and oxygen atoms in total. The molecule has 5 rings (SSSR count). The molecule has 2 aromatic rings. The first-order chi connectivity index (χ1) is 14.1. The van der Waals surface area contributed by atoms with Crippen LogP contribution in [0.3, 0.4) is 0 Å². The van der Waals surface area contributed by atoms with Crippen molar-refractivity contribution in [1.29, 1.82) is 0 Å². The zero-order valence-electron chi connectivity index (χ0n) is 16.3. The lowest BCUT2D eigenvalue weighted by atomic mass is 9.62. The van der Waals surface area contributed by atoms with Crippen molar-refractivity contribution in [3.05, 3.63) is 54.1 Å². The molecule has 2 fully saturated rings. The number of ether oxygens (including phenoxy) is 2. The number of nitrogens with one attached hydrogen (secondary N) is 2. The molecule has 4 atom stereocenters. The van der Waals surface area contributed by atoms with Crippen LogP contribution < -0.4 is 20.1 Å². The molecule has 2 heterocycles. The topological polar surface area (TPSA) is 76.7 Å². The lowest BCUT2D eigenvalue weighted by molar-refractivity contribution is -0.160. The third-order valence-corrected chi connectivity index (χ3v) is 6.54. The van der Waals surface area contributed by atoms with E-state index in [0.717, 1.165) is 37.0 Å². The highest BCUT2D eigenvalue weighted by Gasteiger charge is 2.60. The summed E-state index contributed by atoms with van der Waals surface area (Å²) in [4.78, 5) is 26.5. The minimum atomic E-state index is -0.818. The number of para-hydroxylation sites is 3. The van der Waals surface area contributed by atoms with Crippen LogP contribution >= 0.6 is 0 Å². The van der Waals surface area contributed by atoms with Crippen LogP contribution in [0.15, 0.2) is 48.5 Å². The van der Waals surface area contributed by atoms with E-state index in [0.29, 0.717) is 11.4 Å². The molecular formula is C23H24N2O4. The van der Waals surface area contributed by atoms with Gasteiger partial charge in [0.05, 0.1) is 12.8 Å². The smallest absolute Gasteiger partial charge is 0.237 e. The number of hydrogen-bond acceptors (Lipinski definition) is 4. The Bertz CT molecular complexity index is 975. The Labute approximate surface area is 169 Å². The van der Waals surface area contributed by atoms with Crippen molar-refractivity contribution >= 4 is 17.5 Å². The van der Waals surface area contributed by atoms with E-state index in [9.17, 15) is 9.59 Å². The Kier molecular flexibility index (Phi) is 4.23. The Balaban J connectivity index is 1.55. The average molecular weight is 392 g/mol. The standard InChI is InChI=1S/C23H24N2O4/c1-28-18-12-5-3-10-16(18)24-21(26)20-19-14-8-2-4-11-17(14)29-23(25-22(20)27)13-7-6-9-15(19)23/h2-5,8,10-12,15,19-20H,6-7,9,13H2,1H3,(H,24,26)(H,25,27)/t15-,19-,20-,23-/m1/s1. The summed E-state index contributed by atoms with van der Waals surface area (Å²) in [6.07, 6.45) is 3.78. The van der Waals surface area contributed by atoms with Crippen LogP contribution in [-0.4, -0.2) is 24.6 Å². The van der Waals surface area contributed by atoms with Crippen molar-refractivity contribution in [3.63, 3.8) is 0 Å². The van der Waals surface area contributed by atoms with Crippen molar-refractivity contribution in [2.45, 2.75) is 37.3 Å². The fourth-order valence-corrected chi connectivity index (χ4v) is 5.31. The van der Waals surface area contributed by atoms with E-state index in [1.165, 1.54) is 0 Å². The van der Waals surface area contributed by atoms with Gasteiger partial charge in [-0.2, -0.15) is 0 Å². The van der Waals surface area contributed by atoms with Gasteiger partial charge in [0.1, 0.15) is 17.4 Å². The van der Waals surface area contributed by atoms with Crippen LogP contribution in [-0.2, 0) is 9.59 Å². The van der Waals surface area contributed by atoms with E-state index in [-0.39, 0.29) is 23.7 Å². The summed E-state index contributed by atoms with van der Waals surface area (Å²) in [6, 6.07) is 15.0. The van der Waals surface area contributed by atoms with Crippen LogP contribution in [0.5, 0.6) is 11.5 Å². The number of amides is 2. The number of fused-ring (bicyclic) bond motifs is 2. The van der Waals surface area contributed by atoms with Gasteiger partial charge in [-0.05, 0) is 36.6 Å². The fraction of sp³-hybridized carbons (Fsp3) is 0.391. The fourth-order valence-electron chi connectivity index (χ4n) is 5.31. The Morgan fingerprint density at radius 3 is 2.83 bits per heavy atom. The Morgan fingerprint density at radius 1 is 1.17 bits per heavy atom. The minimum Gasteiger partial charge on any atom is -0.495 e. The molecule has 0 spiro atoms. The Morgan fingerprint density at radius 2 is 1.97 bits per heavy atom. The van der Waals surface area contributed by atoms with Crippen LogP contribution in [0.4, 0.5) is 5.69 Å². The van der Waals surface area contributed by atoms with Gasteiger partial charge < -0.3 is 20.1 Å². The summed E-state index contributed by atoms with van der Waals surface area (Å²) in [5, 5.41) is 6.02. The van der Waals surface area contributed by atoms with Crippen LogP contribution in [0.25, 0.3) is 0 Å². The molecule has 3 aliphatic rings. The van der Waals surface area contributed by atoms with Gasteiger partial charge in [-0.15, -0.1) is 0 Å². The summed E-state index contributed by atoms with van der Waals surface area (Å²) in [5.74, 6) is -0.188. The molecule has 0 radical (unpaired) electrons. The number of piperidine rings is 1. The predicted octanol–water partition coefficient (Wildman–Crippen LogP) is 3.44. The number of carbonyl (C=O) groups is 2.